The third kappa shape index (κ3) is 2.60. The summed E-state index contributed by atoms with van der Waals surface area (Å²) in [6.07, 6.45) is 0. The minimum Gasteiger partial charge on any atom is -0.380 e. The Bertz CT molecular complexity index is 800. The predicted molar refractivity (Wildman–Crippen MR) is 81.8 cm³/mol. The van der Waals surface area contributed by atoms with Crippen LogP contribution in [0.15, 0.2) is 47.0 Å². The maximum Gasteiger partial charge on any atom is 0.179 e. The minimum absolute atomic E-state index is 0.182. The van der Waals surface area contributed by atoms with Crippen molar-refractivity contribution in [2.75, 3.05) is 5.73 Å². The van der Waals surface area contributed by atoms with Crippen molar-refractivity contribution in [3.8, 4) is 22.5 Å². The molecule has 0 aliphatic heterocycles. The third-order valence-electron chi connectivity index (χ3n) is 3.03. The molecule has 3 rings (SSSR count). The molecule has 0 saturated heterocycles. The zero-order valence-corrected chi connectivity index (χ0v) is 12.1. The Balaban J connectivity index is 2.19. The summed E-state index contributed by atoms with van der Waals surface area (Å²) < 4.78 is 19.3. The highest BCUT2D eigenvalue weighted by atomic mass is 35.5. The number of nitrogens with two attached hydrogens (primary N) is 1. The van der Waals surface area contributed by atoms with Crippen molar-refractivity contribution >= 4 is 29.0 Å². The number of aromatic nitrogens is 1. The van der Waals surface area contributed by atoms with Crippen LogP contribution in [-0.4, -0.2) is 5.16 Å². The van der Waals surface area contributed by atoms with E-state index in [1.54, 1.807) is 30.3 Å². The van der Waals surface area contributed by atoms with E-state index in [0.717, 1.165) is 5.56 Å². The molecule has 0 aliphatic carbocycles. The normalized spacial score (nSPS) is 10.8. The summed E-state index contributed by atoms with van der Waals surface area (Å²) in [6.45, 7) is 0. The van der Waals surface area contributed by atoms with Crippen LogP contribution >= 0.6 is 23.2 Å². The highest BCUT2D eigenvalue weighted by molar-refractivity contribution is 6.31. The lowest BCUT2D eigenvalue weighted by Crippen LogP contribution is -1.90. The molecule has 1 heterocycles. The van der Waals surface area contributed by atoms with Gasteiger partial charge in [0, 0.05) is 10.0 Å². The van der Waals surface area contributed by atoms with Gasteiger partial charge in [-0.3, -0.25) is 0 Å². The second-order valence-electron chi connectivity index (χ2n) is 4.40. The molecule has 0 atom stereocenters. The van der Waals surface area contributed by atoms with Crippen molar-refractivity contribution < 1.29 is 8.91 Å². The molecular weight excluding hydrogens is 314 g/mol. The minimum atomic E-state index is -0.506. The molecule has 21 heavy (non-hydrogen) atoms. The van der Waals surface area contributed by atoms with Gasteiger partial charge in [0.15, 0.2) is 11.6 Å². The van der Waals surface area contributed by atoms with E-state index in [1.807, 2.05) is 0 Å². The quantitative estimate of drug-likeness (QED) is 0.719. The van der Waals surface area contributed by atoms with Crippen LogP contribution < -0.4 is 5.73 Å². The van der Waals surface area contributed by atoms with Gasteiger partial charge in [-0.05, 0) is 35.9 Å². The fourth-order valence-corrected chi connectivity index (χ4v) is 2.34. The van der Waals surface area contributed by atoms with Crippen molar-refractivity contribution in [1.29, 1.82) is 0 Å². The summed E-state index contributed by atoms with van der Waals surface area (Å²) in [6, 6.07) is 11.3. The molecular formula is C15H9Cl2FN2O. The van der Waals surface area contributed by atoms with Crippen LogP contribution in [0.1, 0.15) is 0 Å². The lowest BCUT2D eigenvalue weighted by molar-refractivity contribution is 0.433. The zero-order valence-electron chi connectivity index (χ0n) is 10.6. The number of nitrogens with zero attached hydrogens (tertiary/aromatic N) is 1. The Morgan fingerprint density at radius 2 is 1.67 bits per heavy atom. The Hall–Kier alpha value is -2.04. The van der Waals surface area contributed by atoms with Gasteiger partial charge in [0.05, 0.1) is 11.1 Å². The fraction of sp³-hybridized carbons (Fsp3) is 0. The predicted octanol–water partition coefficient (Wildman–Crippen LogP) is 5.04. The van der Waals surface area contributed by atoms with Crippen molar-refractivity contribution in [2.45, 2.75) is 0 Å². The van der Waals surface area contributed by atoms with Crippen molar-refractivity contribution in [2.24, 2.45) is 0 Å². The maximum absolute atomic E-state index is 14.1. The Morgan fingerprint density at radius 3 is 2.33 bits per heavy atom. The van der Waals surface area contributed by atoms with Gasteiger partial charge in [0.2, 0.25) is 0 Å². The summed E-state index contributed by atoms with van der Waals surface area (Å²) in [4.78, 5) is 0. The van der Waals surface area contributed by atoms with Crippen LogP contribution in [0, 0.1) is 5.82 Å². The van der Waals surface area contributed by atoms with Crippen LogP contribution in [0.2, 0.25) is 10.0 Å². The average molecular weight is 323 g/mol. The molecule has 0 aliphatic rings. The van der Waals surface area contributed by atoms with Crippen LogP contribution in [0.3, 0.4) is 0 Å². The summed E-state index contributed by atoms with van der Waals surface area (Å²) in [5.41, 5.74) is 7.35. The Labute approximate surface area is 130 Å². The first-order valence-corrected chi connectivity index (χ1v) is 6.78. The third-order valence-corrected chi connectivity index (χ3v) is 3.51. The largest absolute Gasteiger partial charge is 0.380 e. The highest BCUT2D eigenvalue weighted by Crippen LogP contribution is 2.38. The van der Waals surface area contributed by atoms with Crippen LogP contribution in [0.4, 0.5) is 10.2 Å². The van der Waals surface area contributed by atoms with E-state index in [9.17, 15) is 4.39 Å². The van der Waals surface area contributed by atoms with E-state index < -0.39 is 5.82 Å². The van der Waals surface area contributed by atoms with Crippen LogP contribution in [0.5, 0.6) is 0 Å². The first-order chi connectivity index (χ1) is 10.1. The van der Waals surface area contributed by atoms with Gasteiger partial charge in [-0.15, -0.1) is 0 Å². The Morgan fingerprint density at radius 1 is 1.00 bits per heavy atom. The molecule has 0 spiro atoms. The number of benzene rings is 2. The molecule has 0 unspecified atom stereocenters. The van der Waals surface area contributed by atoms with Gasteiger partial charge >= 0.3 is 0 Å². The van der Waals surface area contributed by atoms with Crippen LogP contribution in [-0.2, 0) is 0 Å². The molecule has 1 aromatic heterocycles. The summed E-state index contributed by atoms with van der Waals surface area (Å²) in [5, 5.41) is 4.62. The summed E-state index contributed by atoms with van der Waals surface area (Å²) in [7, 11) is 0. The number of hydrogen-bond acceptors (Lipinski definition) is 3. The van der Waals surface area contributed by atoms with E-state index in [0.29, 0.717) is 15.6 Å². The first kappa shape index (κ1) is 13.9. The molecule has 3 nitrogen and oxygen atoms in total. The van der Waals surface area contributed by atoms with Gasteiger partial charge in [0.1, 0.15) is 5.82 Å². The number of hydrogen-bond donors (Lipinski definition) is 1. The average Bonchev–Trinajstić information content (AvgIpc) is 2.82. The highest BCUT2D eigenvalue weighted by Gasteiger charge is 2.20. The number of rotatable bonds is 2. The molecule has 2 aromatic carbocycles. The molecule has 2 N–H and O–H groups in total. The van der Waals surface area contributed by atoms with Crippen molar-refractivity contribution in [3.05, 3.63) is 58.3 Å². The topological polar surface area (TPSA) is 52.0 Å². The van der Waals surface area contributed by atoms with E-state index >= 15 is 0 Å². The molecule has 0 bridgehead atoms. The second kappa shape index (κ2) is 5.39. The SMILES string of the molecule is Nc1noc(-c2ccc(Cl)cc2F)c1-c1ccc(Cl)cc1. The van der Waals surface area contributed by atoms with Crippen molar-refractivity contribution in [1.82, 2.24) is 5.16 Å². The van der Waals surface area contributed by atoms with Gasteiger partial charge < -0.3 is 10.3 Å². The smallest absolute Gasteiger partial charge is 0.179 e. The second-order valence-corrected chi connectivity index (χ2v) is 5.28. The standard InChI is InChI=1S/C15H9Cl2FN2O/c16-9-3-1-8(2-4-9)13-14(21-20-15(13)19)11-6-5-10(17)7-12(11)18/h1-7H,(H2,19,20). The van der Waals surface area contributed by atoms with E-state index in [1.165, 1.54) is 12.1 Å². The number of nitrogen functional groups attached to an aromatic ring is 1. The molecule has 0 amide bonds. The number of anilines is 1. The lowest BCUT2D eigenvalue weighted by Gasteiger charge is -2.04. The molecule has 0 saturated carbocycles. The molecule has 106 valence electrons. The van der Waals surface area contributed by atoms with Crippen LogP contribution in [0.25, 0.3) is 22.5 Å². The van der Waals surface area contributed by atoms with Gasteiger partial charge in [0.25, 0.3) is 0 Å². The number of halogens is 3. The van der Waals surface area contributed by atoms with E-state index in [4.69, 9.17) is 33.5 Å². The van der Waals surface area contributed by atoms with Crippen molar-refractivity contribution in [3.63, 3.8) is 0 Å². The van der Waals surface area contributed by atoms with E-state index in [2.05, 4.69) is 5.16 Å². The first-order valence-electron chi connectivity index (χ1n) is 6.03. The van der Waals surface area contributed by atoms with Gasteiger partial charge in [-0.1, -0.05) is 40.5 Å². The van der Waals surface area contributed by atoms with E-state index in [-0.39, 0.29) is 17.1 Å². The van der Waals surface area contributed by atoms with Gasteiger partial charge in [-0.25, -0.2) is 4.39 Å². The summed E-state index contributed by atoms with van der Waals surface area (Å²) >= 11 is 11.6. The molecule has 6 heteroatoms. The zero-order chi connectivity index (χ0) is 15.0. The molecule has 0 fully saturated rings. The fourth-order valence-electron chi connectivity index (χ4n) is 2.06. The molecule has 3 aromatic rings. The maximum atomic E-state index is 14.1. The van der Waals surface area contributed by atoms with Gasteiger partial charge in [-0.2, -0.15) is 0 Å². The monoisotopic (exact) mass is 322 g/mol. The summed E-state index contributed by atoms with van der Waals surface area (Å²) in [5.74, 6) is -0.0699. The molecule has 0 radical (unpaired) electrons. The lowest BCUT2D eigenvalue weighted by atomic mass is 10.0. The Kier molecular flexibility index (Phi) is 3.57.